The topological polar surface area (TPSA) is 106 Å². The van der Waals surface area contributed by atoms with Crippen molar-refractivity contribution in [3.05, 3.63) is 35.9 Å². The van der Waals surface area contributed by atoms with Crippen LogP contribution in [-0.2, 0) is 19.2 Å². The lowest BCUT2D eigenvalue weighted by Gasteiger charge is -2.44. The first-order valence-electron chi connectivity index (χ1n) is 14.8. The van der Waals surface area contributed by atoms with Crippen LogP contribution in [-0.4, -0.2) is 48.6 Å². The summed E-state index contributed by atoms with van der Waals surface area (Å²) < 4.78 is 11.4. The van der Waals surface area contributed by atoms with Gasteiger partial charge in [0.1, 0.15) is 11.3 Å². The zero-order chi connectivity index (χ0) is 28.1. The molecule has 2 fully saturated rings. The molecular weight excluding hydrogens is 496 g/mol. The number of carboxylic acids is 1. The highest BCUT2D eigenvalue weighted by Crippen LogP contribution is 2.44. The minimum atomic E-state index is -0.804. The average Bonchev–Trinajstić information content (AvgIpc) is 3.48. The molecule has 0 aromatic heterocycles. The molecule has 3 N–H and O–H groups in total. The van der Waals surface area contributed by atoms with Gasteiger partial charge in [-0.1, -0.05) is 58.1 Å². The quantitative estimate of drug-likeness (QED) is 0.106. The molecule has 0 bridgehead atoms. The highest BCUT2D eigenvalue weighted by Gasteiger charge is 2.51. The lowest BCUT2D eigenvalue weighted by molar-refractivity contribution is -0.180. The molecule has 1 unspecified atom stereocenters. The van der Waals surface area contributed by atoms with Crippen molar-refractivity contribution in [3.8, 4) is 5.75 Å². The monoisotopic (exact) mass is 544 g/mol. The zero-order valence-corrected chi connectivity index (χ0v) is 24.0. The molecule has 0 heterocycles. The third-order valence-corrected chi connectivity index (χ3v) is 7.91. The molecule has 1 aromatic rings. The largest absolute Gasteiger partial charge is 0.494 e. The van der Waals surface area contributed by atoms with Crippen molar-refractivity contribution in [1.82, 2.24) is 10.8 Å². The van der Waals surface area contributed by atoms with Gasteiger partial charge in [0.25, 0.3) is 5.91 Å². The summed E-state index contributed by atoms with van der Waals surface area (Å²) in [6.07, 6.45) is 13.1. The van der Waals surface area contributed by atoms with E-state index >= 15 is 0 Å². The van der Waals surface area contributed by atoms with Crippen LogP contribution in [0.5, 0.6) is 5.75 Å². The molecule has 1 amide bonds. The molecule has 8 nitrogen and oxygen atoms in total. The van der Waals surface area contributed by atoms with Gasteiger partial charge in [-0.25, -0.2) is 10.3 Å². The predicted octanol–water partition coefficient (Wildman–Crippen LogP) is 5.72. The number of carboxylic acid groups (broad SMARTS) is 1. The van der Waals surface area contributed by atoms with Crippen LogP contribution in [0.4, 0.5) is 0 Å². The average molecular weight is 545 g/mol. The number of hydrogen-bond donors (Lipinski definition) is 3. The van der Waals surface area contributed by atoms with Crippen LogP contribution < -0.4 is 15.5 Å². The van der Waals surface area contributed by atoms with Crippen molar-refractivity contribution in [2.24, 2.45) is 17.8 Å². The Labute approximate surface area is 233 Å². The molecular formula is C31H48N2O6. The van der Waals surface area contributed by atoms with Crippen LogP contribution in [0.3, 0.4) is 0 Å². The van der Waals surface area contributed by atoms with Crippen molar-refractivity contribution in [1.29, 1.82) is 0 Å². The van der Waals surface area contributed by atoms with Crippen LogP contribution in [0, 0.1) is 17.8 Å². The number of rotatable bonds is 16. The number of benzene rings is 1. The van der Waals surface area contributed by atoms with E-state index in [9.17, 15) is 14.7 Å². The minimum absolute atomic E-state index is 0.212. The van der Waals surface area contributed by atoms with Crippen molar-refractivity contribution < 1.29 is 29.0 Å². The van der Waals surface area contributed by atoms with E-state index in [4.69, 9.17) is 14.3 Å². The Bertz CT molecular complexity index is 906. The van der Waals surface area contributed by atoms with Crippen molar-refractivity contribution >= 4 is 18.0 Å². The molecule has 2 aliphatic rings. The van der Waals surface area contributed by atoms with Crippen LogP contribution in [0.15, 0.2) is 30.3 Å². The first-order chi connectivity index (χ1) is 18.8. The Hall–Kier alpha value is -2.42. The number of nitrogens with one attached hydrogen (secondary N) is 2. The number of carbonyl (C=O) groups excluding carboxylic acids is 1. The molecule has 2 aliphatic carbocycles. The number of hydrogen-bond acceptors (Lipinski definition) is 6. The second-order valence-corrected chi connectivity index (χ2v) is 11.4. The van der Waals surface area contributed by atoms with Crippen molar-refractivity contribution in [3.63, 3.8) is 0 Å². The highest BCUT2D eigenvalue weighted by atomic mass is 16.8. The molecule has 2 atom stereocenters. The highest BCUT2D eigenvalue weighted by molar-refractivity contribution is 5.90. The maximum Gasteiger partial charge on any atom is 0.324 e. The number of aliphatic carboxylic acids is 1. The van der Waals surface area contributed by atoms with E-state index in [-0.39, 0.29) is 17.7 Å². The molecule has 0 radical (unpaired) electrons. The summed E-state index contributed by atoms with van der Waals surface area (Å²) in [6, 6.07) is 7.49. The first kappa shape index (κ1) is 31.1. The predicted molar refractivity (Wildman–Crippen MR) is 152 cm³/mol. The summed E-state index contributed by atoms with van der Waals surface area (Å²) in [5.41, 5.74) is 2.42. The smallest absolute Gasteiger partial charge is 0.324 e. The summed E-state index contributed by atoms with van der Waals surface area (Å²) in [6.45, 7) is 7.51. The number of ether oxygens (including phenoxy) is 2. The van der Waals surface area contributed by atoms with Crippen molar-refractivity contribution in [2.75, 3.05) is 19.8 Å². The van der Waals surface area contributed by atoms with E-state index in [1.165, 1.54) is 12.5 Å². The van der Waals surface area contributed by atoms with E-state index in [1.807, 2.05) is 38.1 Å². The second kappa shape index (κ2) is 16.0. The number of carbonyl (C=O) groups is 2. The molecule has 39 heavy (non-hydrogen) atoms. The summed E-state index contributed by atoms with van der Waals surface area (Å²) in [4.78, 5) is 29.9. The fraction of sp³-hybridized carbons (Fsp3) is 0.677. The standard InChI is InChI=1S/C31H48N2O6/c1-23(2)22-38-24(3)39-33-29(34)19-16-25-14-17-28(18-15-25)37-21-9-20-32-31(30(35)36,27-12-7-8-13-27)26-10-5-4-6-11-26/h14-19,23-24,26-27,32H,4-13,20-22H2,1-3H3,(H,33,34)(H,35,36)/b19-16+/t24?,31-/m1/s1. The van der Waals surface area contributed by atoms with Gasteiger partial charge >= 0.3 is 5.97 Å². The van der Waals surface area contributed by atoms with Gasteiger partial charge in [-0.2, -0.15) is 0 Å². The molecule has 0 spiro atoms. The van der Waals surface area contributed by atoms with E-state index in [0.717, 1.165) is 69.1 Å². The van der Waals surface area contributed by atoms with Crippen LogP contribution in [0.1, 0.15) is 90.5 Å². The van der Waals surface area contributed by atoms with Gasteiger partial charge in [0.2, 0.25) is 0 Å². The molecule has 1 aromatic carbocycles. The third kappa shape index (κ3) is 9.62. The number of amides is 1. The second-order valence-electron chi connectivity index (χ2n) is 11.4. The molecule has 2 saturated carbocycles. The lowest BCUT2D eigenvalue weighted by atomic mass is 9.67. The Balaban J connectivity index is 1.42. The third-order valence-electron chi connectivity index (χ3n) is 7.91. The summed E-state index contributed by atoms with van der Waals surface area (Å²) >= 11 is 0. The van der Waals surface area contributed by atoms with Crippen LogP contribution >= 0.6 is 0 Å². The lowest BCUT2D eigenvalue weighted by Crippen LogP contribution is -2.62. The first-order valence-corrected chi connectivity index (χ1v) is 14.8. The van der Waals surface area contributed by atoms with Gasteiger partial charge < -0.3 is 19.9 Å². The summed E-state index contributed by atoms with van der Waals surface area (Å²) in [5.74, 6) is 0.521. The van der Waals surface area contributed by atoms with Gasteiger partial charge in [0, 0.05) is 6.08 Å². The van der Waals surface area contributed by atoms with Gasteiger partial charge in [-0.15, -0.1) is 0 Å². The SMILES string of the molecule is CC(C)COC(C)ONC(=O)/C=C/c1ccc(OCCCN[C@](C(=O)O)(C2CCCCC2)C2CCCC2)cc1. The van der Waals surface area contributed by atoms with Gasteiger partial charge in [0.15, 0.2) is 6.29 Å². The summed E-state index contributed by atoms with van der Waals surface area (Å²) in [7, 11) is 0. The molecule has 0 saturated heterocycles. The Morgan fingerprint density at radius 2 is 1.62 bits per heavy atom. The molecule has 8 heteroatoms. The normalized spacial score (nSPS) is 19.3. The Morgan fingerprint density at radius 1 is 1.00 bits per heavy atom. The Morgan fingerprint density at radius 3 is 2.21 bits per heavy atom. The van der Waals surface area contributed by atoms with Gasteiger partial charge in [-0.3, -0.25) is 9.59 Å². The van der Waals surface area contributed by atoms with E-state index in [0.29, 0.717) is 25.7 Å². The maximum atomic E-state index is 12.7. The fourth-order valence-electron chi connectivity index (χ4n) is 5.93. The van der Waals surface area contributed by atoms with E-state index < -0.39 is 17.8 Å². The van der Waals surface area contributed by atoms with Gasteiger partial charge in [0.05, 0.1) is 13.2 Å². The Kier molecular flexibility index (Phi) is 12.8. The molecule has 218 valence electrons. The zero-order valence-electron chi connectivity index (χ0n) is 24.0. The summed E-state index contributed by atoms with van der Waals surface area (Å²) in [5, 5.41) is 14.0. The van der Waals surface area contributed by atoms with E-state index in [2.05, 4.69) is 10.8 Å². The van der Waals surface area contributed by atoms with E-state index in [1.54, 1.807) is 13.0 Å². The van der Waals surface area contributed by atoms with Crippen LogP contribution in [0.2, 0.25) is 0 Å². The maximum absolute atomic E-state index is 12.7. The molecule has 0 aliphatic heterocycles. The molecule has 3 rings (SSSR count). The van der Waals surface area contributed by atoms with Crippen molar-refractivity contribution in [2.45, 2.75) is 96.8 Å². The van der Waals surface area contributed by atoms with Gasteiger partial charge in [-0.05, 0) is 87.1 Å². The number of hydroxylamine groups is 1. The fourth-order valence-corrected chi connectivity index (χ4v) is 5.93. The van der Waals surface area contributed by atoms with Crippen LogP contribution in [0.25, 0.3) is 6.08 Å². The minimum Gasteiger partial charge on any atom is -0.494 e.